The zero-order valence-electron chi connectivity index (χ0n) is 18.4. The van der Waals surface area contributed by atoms with Crippen molar-refractivity contribution in [2.75, 3.05) is 6.54 Å². The minimum absolute atomic E-state index is 0.0409. The number of rotatable bonds is 13. The Hall–Kier alpha value is -2.62. The fourth-order valence-corrected chi connectivity index (χ4v) is 4.60. The highest BCUT2D eigenvalue weighted by molar-refractivity contribution is 7.89. The Kier molecular flexibility index (Phi) is 8.71. The lowest BCUT2D eigenvalue weighted by Crippen LogP contribution is -2.31. The predicted octanol–water partition coefficient (Wildman–Crippen LogP) is 3.98. The molecule has 0 radical (unpaired) electrons. The lowest BCUT2D eigenvalue weighted by atomic mass is 10.1. The number of carbonyl (C=O) groups is 2. The van der Waals surface area contributed by atoms with Crippen LogP contribution in [0.15, 0.2) is 48.5 Å². The van der Waals surface area contributed by atoms with Gasteiger partial charge >= 0.3 is 0 Å². The van der Waals surface area contributed by atoms with Crippen molar-refractivity contribution in [3.8, 4) is 0 Å². The van der Waals surface area contributed by atoms with Gasteiger partial charge in [-0.05, 0) is 49.1 Å². The second-order valence-electron chi connectivity index (χ2n) is 8.17. The van der Waals surface area contributed by atoms with Crippen molar-refractivity contribution in [3.05, 3.63) is 71.0 Å². The van der Waals surface area contributed by atoms with E-state index >= 15 is 0 Å². The summed E-state index contributed by atoms with van der Waals surface area (Å²) in [5, 5.41) is 5.29. The standard InChI is InChI=1S/C24H29FN2O5S/c25-19-14-12-18(13-15-19)17-32-22(33(26,30)31)11-5-3-1-2-4-8-16-27-23(28)20-9-6-7-10-21(20)24(27)29/h6-7,9-10,12-15,22H,1-5,8,11,16-17H2,(H2,26,30,31). The third-order valence-electron chi connectivity index (χ3n) is 5.67. The highest BCUT2D eigenvalue weighted by Crippen LogP contribution is 2.23. The maximum Gasteiger partial charge on any atom is 0.261 e. The summed E-state index contributed by atoms with van der Waals surface area (Å²) < 4.78 is 42.1. The number of ether oxygens (including phenoxy) is 1. The van der Waals surface area contributed by atoms with Crippen molar-refractivity contribution in [1.29, 1.82) is 0 Å². The summed E-state index contributed by atoms with van der Waals surface area (Å²) >= 11 is 0. The molecule has 1 heterocycles. The molecule has 3 rings (SSSR count). The summed E-state index contributed by atoms with van der Waals surface area (Å²) in [5.74, 6) is -0.832. The normalized spacial score (nSPS) is 14.5. The van der Waals surface area contributed by atoms with Crippen molar-refractivity contribution in [3.63, 3.8) is 0 Å². The Morgan fingerprint density at radius 1 is 0.848 bits per heavy atom. The number of primary sulfonamides is 1. The number of fused-ring (bicyclic) bond motifs is 1. The molecule has 0 fully saturated rings. The van der Waals surface area contributed by atoms with Gasteiger partial charge < -0.3 is 4.74 Å². The molecule has 1 aliphatic rings. The molecule has 2 aromatic rings. The molecular formula is C24H29FN2O5S. The Bertz CT molecular complexity index is 1040. The van der Waals surface area contributed by atoms with E-state index in [0.717, 1.165) is 32.1 Å². The average Bonchev–Trinajstić information content (AvgIpc) is 3.02. The van der Waals surface area contributed by atoms with Crippen LogP contribution in [0.25, 0.3) is 0 Å². The number of imide groups is 1. The first-order valence-corrected chi connectivity index (χ1v) is 12.7. The van der Waals surface area contributed by atoms with E-state index in [0.29, 0.717) is 29.7 Å². The molecule has 9 heteroatoms. The summed E-state index contributed by atoms with van der Waals surface area (Å²) in [6.07, 6.45) is 5.16. The zero-order chi connectivity index (χ0) is 23.8. The fraction of sp³-hybridized carbons (Fsp3) is 0.417. The Balaban J connectivity index is 1.31. The maximum atomic E-state index is 13.0. The number of nitrogens with zero attached hydrogens (tertiary/aromatic N) is 1. The Morgan fingerprint density at radius 2 is 1.39 bits per heavy atom. The zero-order valence-corrected chi connectivity index (χ0v) is 19.2. The monoisotopic (exact) mass is 476 g/mol. The van der Waals surface area contributed by atoms with Crippen LogP contribution in [0.2, 0.25) is 0 Å². The molecule has 2 amide bonds. The maximum absolute atomic E-state index is 13.0. The molecule has 33 heavy (non-hydrogen) atoms. The molecular weight excluding hydrogens is 447 g/mol. The third-order valence-corrected chi connectivity index (χ3v) is 6.77. The molecule has 2 N–H and O–H groups in total. The molecule has 0 bridgehead atoms. The van der Waals surface area contributed by atoms with E-state index < -0.39 is 15.5 Å². The second-order valence-corrected chi connectivity index (χ2v) is 9.88. The van der Waals surface area contributed by atoms with Gasteiger partial charge in [0.2, 0.25) is 10.0 Å². The Morgan fingerprint density at radius 3 is 1.97 bits per heavy atom. The lowest BCUT2D eigenvalue weighted by molar-refractivity contribution is 0.0651. The van der Waals surface area contributed by atoms with Crippen LogP contribution in [0.3, 0.4) is 0 Å². The number of hydrogen-bond donors (Lipinski definition) is 1. The molecule has 2 aromatic carbocycles. The quantitative estimate of drug-likeness (QED) is 0.348. The molecule has 178 valence electrons. The summed E-state index contributed by atoms with van der Waals surface area (Å²) in [7, 11) is -3.85. The first-order chi connectivity index (χ1) is 15.8. The van der Waals surface area contributed by atoms with Gasteiger partial charge in [0, 0.05) is 6.54 Å². The largest absolute Gasteiger partial charge is 0.356 e. The summed E-state index contributed by atoms with van der Waals surface area (Å²) in [6.45, 7) is 0.441. The van der Waals surface area contributed by atoms with Crippen LogP contribution < -0.4 is 5.14 Å². The minimum atomic E-state index is -3.85. The van der Waals surface area contributed by atoms with Crippen LogP contribution in [0, 0.1) is 5.82 Å². The third kappa shape index (κ3) is 6.93. The van der Waals surface area contributed by atoms with Crippen LogP contribution in [0.4, 0.5) is 4.39 Å². The molecule has 0 saturated heterocycles. The average molecular weight is 477 g/mol. The summed E-state index contributed by atoms with van der Waals surface area (Å²) in [6, 6.07) is 12.5. The van der Waals surface area contributed by atoms with Gasteiger partial charge in [-0.1, -0.05) is 49.9 Å². The number of hydrogen-bond acceptors (Lipinski definition) is 5. The molecule has 7 nitrogen and oxygen atoms in total. The van der Waals surface area contributed by atoms with Crippen LogP contribution >= 0.6 is 0 Å². The number of benzene rings is 2. The number of nitrogens with two attached hydrogens (primary N) is 1. The van der Waals surface area contributed by atoms with Crippen LogP contribution in [-0.4, -0.2) is 37.1 Å². The van der Waals surface area contributed by atoms with E-state index in [-0.39, 0.29) is 30.7 Å². The van der Waals surface area contributed by atoms with Crippen LogP contribution in [0.1, 0.15) is 71.2 Å². The van der Waals surface area contributed by atoms with Gasteiger partial charge in [0.25, 0.3) is 11.8 Å². The van der Waals surface area contributed by atoms with Gasteiger partial charge in [-0.2, -0.15) is 0 Å². The molecule has 0 aromatic heterocycles. The van der Waals surface area contributed by atoms with Crippen molar-refractivity contribution in [2.45, 2.75) is 57.0 Å². The van der Waals surface area contributed by atoms with Gasteiger partial charge in [0.05, 0.1) is 17.7 Å². The summed E-state index contributed by atoms with van der Waals surface area (Å²) in [4.78, 5) is 26.0. The van der Waals surface area contributed by atoms with E-state index in [1.54, 1.807) is 24.3 Å². The molecule has 1 atom stereocenters. The molecule has 0 spiro atoms. The van der Waals surface area contributed by atoms with E-state index in [1.165, 1.54) is 29.2 Å². The highest BCUT2D eigenvalue weighted by atomic mass is 32.2. The Labute approximate surface area is 193 Å². The number of unbranched alkanes of at least 4 members (excludes halogenated alkanes) is 5. The number of amides is 2. The van der Waals surface area contributed by atoms with E-state index in [9.17, 15) is 22.4 Å². The predicted molar refractivity (Wildman–Crippen MR) is 122 cm³/mol. The molecule has 0 aliphatic carbocycles. The number of halogens is 1. The van der Waals surface area contributed by atoms with Crippen molar-refractivity contribution in [1.82, 2.24) is 4.90 Å². The van der Waals surface area contributed by atoms with E-state index in [4.69, 9.17) is 9.88 Å². The van der Waals surface area contributed by atoms with Crippen LogP contribution in [0.5, 0.6) is 0 Å². The van der Waals surface area contributed by atoms with Crippen molar-refractivity contribution >= 4 is 21.8 Å². The van der Waals surface area contributed by atoms with Gasteiger partial charge in [0.15, 0.2) is 5.44 Å². The van der Waals surface area contributed by atoms with E-state index in [1.807, 2.05) is 0 Å². The number of sulfonamides is 1. The topological polar surface area (TPSA) is 107 Å². The molecule has 1 aliphatic heterocycles. The van der Waals surface area contributed by atoms with Gasteiger partial charge in [-0.15, -0.1) is 0 Å². The minimum Gasteiger partial charge on any atom is -0.356 e. The smallest absolute Gasteiger partial charge is 0.261 e. The number of carbonyl (C=O) groups excluding carboxylic acids is 2. The molecule has 1 unspecified atom stereocenters. The highest BCUT2D eigenvalue weighted by Gasteiger charge is 2.34. The van der Waals surface area contributed by atoms with Crippen LogP contribution in [-0.2, 0) is 21.4 Å². The van der Waals surface area contributed by atoms with Crippen molar-refractivity contribution < 1.29 is 27.1 Å². The van der Waals surface area contributed by atoms with Crippen molar-refractivity contribution in [2.24, 2.45) is 5.14 Å². The van der Waals surface area contributed by atoms with E-state index in [2.05, 4.69) is 0 Å². The fourth-order valence-electron chi connectivity index (χ4n) is 3.84. The van der Waals surface area contributed by atoms with Gasteiger partial charge in [-0.25, -0.2) is 17.9 Å². The first kappa shape index (κ1) is 25.0. The SMILES string of the molecule is NS(=O)(=O)C(CCCCCCCCN1C(=O)c2ccccc2C1=O)OCc1ccc(F)cc1. The molecule has 0 saturated carbocycles. The summed E-state index contributed by atoms with van der Waals surface area (Å²) in [5.41, 5.74) is 0.501. The van der Waals surface area contributed by atoms with Gasteiger partial charge in [-0.3, -0.25) is 14.5 Å². The lowest BCUT2D eigenvalue weighted by Gasteiger charge is -2.16. The van der Waals surface area contributed by atoms with Gasteiger partial charge in [0.1, 0.15) is 5.82 Å². The first-order valence-electron chi connectivity index (χ1n) is 11.1. The second kappa shape index (κ2) is 11.5.